The van der Waals surface area contributed by atoms with Gasteiger partial charge in [-0.1, -0.05) is 11.6 Å². The van der Waals surface area contributed by atoms with Gasteiger partial charge in [-0.15, -0.1) is 0 Å². The van der Waals surface area contributed by atoms with Gasteiger partial charge >= 0.3 is 0 Å². The lowest BCUT2D eigenvalue weighted by Gasteiger charge is -2.10. The Hall–Kier alpha value is -1.92. The summed E-state index contributed by atoms with van der Waals surface area (Å²) >= 11 is 6.00. The van der Waals surface area contributed by atoms with E-state index in [2.05, 4.69) is 4.72 Å². The minimum absolute atomic E-state index is 0.198. The number of ether oxygens (including phenoxy) is 2. The van der Waals surface area contributed by atoms with Gasteiger partial charge in [-0.2, -0.15) is 0 Å². The normalized spacial score (nSPS) is 13.4. The Balaban J connectivity index is 1.89. The topological polar surface area (TPSA) is 64.6 Å². The molecule has 1 aliphatic rings. The van der Waals surface area contributed by atoms with Gasteiger partial charge in [-0.25, -0.2) is 8.42 Å². The van der Waals surface area contributed by atoms with Crippen molar-refractivity contribution in [2.24, 2.45) is 0 Å². The molecule has 0 saturated carbocycles. The fourth-order valence-electron chi connectivity index (χ4n) is 2.27. The Bertz CT molecular complexity index is 820. The van der Waals surface area contributed by atoms with Gasteiger partial charge < -0.3 is 9.47 Å². The lowest BCUT2D eigenvalue weighted by atomic mass is 10.2. The van der Waals surface area contributed by atoms with Gasteiger partial charge in [0.1, 0.15) is 11.5 Å². The van der Waals surface area contributed by atoms with E-state index in [1.165, 1.54) is 19.2 Å². The fourth-order valence-corrected chi connectivity index (χ4v) is 3.63. The average molecular weight is 340 g/mol. The lowest BCUT2D eigenvalue weighted by molar-refractivity contribution is 0.356. The number of fused-ring (bicyclic) bond motifs is 1. The van der Waals surface area contributed by atoms with E-state index in [1.54, 1.807) is 24.3 Å². The van der Waals surface area contributed by atoms with Crippen molar-refractivity contribution >= 4 is 27.3 Å². The molecule has 0 saturated heterocycles. The van der Waals surface area contributed by atoms with Crippen LogP contribution < -0.4 is 14.2 Å². The van der Waals surface area contributed by atoms with Crippen LogP contribution in [-0.4, -0.2) is 22.1 Å². The molecular weight excluding hydrogens is 326 g/mol. The minimum Gasteiger partial charge on any atom is -0.495 e. The van der Waals surface area contributed by atoms with Crippen LogP contribution in [-0.2, 0) is 16.4 Å². The second kappa shape index (κ2) is 5.70. The molecule has 1 aliphatic heterocycles. The van der Waals surface area contributed by atoms with Gasteiger partial charge in [0.15, 0.2) is 0 Å². The highest BCUT2D eigenvalue weighted by Gasteiger charge is 2.19. The molecule has 2 aromatic rings. The van der Waals surface area contributed by atoms with Crippen LogP contribution in [0.3, 0.4) is 0 Å². The Labute approximate surface area is 133 Å². The van der Waals surface area contributed by atoms with Crippen molar-refractivity contribution in [2.75, 3.05) is 18.4 Å². The number of rotatable bonds is 4. The maximum absolute atomic E-state index is 12.4. The molecular formula is C15H14ClNO4S. The zero-order valence-electron chi connectivity index (χ0n) is 11.8. The Morgan fingerprint density at radius 3 is 2.77 bits per heavy atom. The van der Waals surface area contributed by atoms with E-state index in [1.807, 2.05) is 0 Å². The molecule has 0 unspecified atom stereocenters. The molecule has 0 radical (unpaired) electrons. The Kier molecular flexibility index (Phi) is 3.88. The fraction of sp³-hybridized carbons (Fsp3) is 0.200. The second-order valence-electron chi connectivity index (χ2n) is 4.82. The Morgan fingerprint density at radius 2 is 2.05 bits per heavy atom. The average Bonchev–Trinajstić information content (AvgIpc) is 2.94. The molecule has 116 valence electrons. The molecule has 0 aliphatic carbocycles. The number of anilines is 1. The van der Waals surface area contributed by atoms with Gasteiger partial charge in [0.25, 0.3) is 10.0 Å². The van der Waals surface area contributed by atoms with Crippen LogP contribution in [0.4, 0.5) is 5.69 Å². The summed E-state index contributed by atoms with van der Waals surface area (Å²) in [5.41, 5.74) is 1.28. The molecule has 0 amide bonds. The van der Waals surface area contributed by atoms with Crippen molar-refractivity contribution in [1.82, 2.24) is 0 Å². The monoisotopic (exact) mass is 339 g/mol. The molecule has 0 fully saturated rings. The molecule has 2 aromatic carbocycles. The minimum atomic E-state index is -3.68. The lowest BCUT2D eigenvalue weighted by Crippen LogP contribution is -2.13. The number of benzene rings is 2. The summed E-state index contributed by atoms with van der Waals surface area (Å²) in [5, 5.41) is 0.338. The SMILES string of the molecule is COc1ccc(NS(=O)(=O)c2ccc3c(c2)CCO3)cc1Cl. The zero-order valence-corrected chi connectivity index (χ0v) is 13.4. The summed E-state index contributed by atoms with van der Waals surface area (Å²) in [4.78, 5) is 0.198. The maximum Gasteiger partial charge on any atom is 0.261 e. The van der Waals surface area contributed by atoms with Gasteiger partial charge in [-0.05, 0) is 42.0 Å². The summed E-state index contributed by atoms with van der Waals surface area (Å²) in [5.74, 6) is 1.23. The van der Waals surface area contributed by atoms with E-state index in [0.717, 1.165) is 11.3 Å². The van der Waals surface area contributed by atoms with Crippen molar-refractivity contribution in [3.05, 3.63) is 47.0 Å². The molecule has 0 spiro atoms. The smallest absolute Gasteiger partial charge is 0.261 e. The largest absolute Gasteiger partial charge is 0.495 e. The number of sulfonamides is 1. The van der Waals surface area contributed by atoms with Crippen molar-refractivity contribution in [3.8, 4) is 11.5 Å². The predicted molar refractivity (Wildman–Crippen MR) is 84.5 cm³/mol. The summed E-state index contributed by atoms with van der Waals surface area (Å²) < 4.78 is 37.8. The highest BCUT2D eigenvalue weighted by Crippen LogP contribution is 2.30. The van der Waals surface area contributed by atoms with Crippen LogP contribution in [0.2, 0.25) is 5.02 Å². The van der Waals surface area contributed by atoms with Crippen molar-refractivity contribution in [1.29, 1.82) is 0 Å². The third-order valence-corrected chi connectivity index (χ3v) is 5.05. The van der Waals surface area contributed by atoms with Crippen molar-refractivity contribution < 1.29 is 17.9 Å². The quantitative estimate of drug-likeness (QED) is 0.929. The highest BCUT2D eigenvalue weighted by atomic mass is 35.5. The number of hydrogen-bond donors (Lipinski definition) is 1. The number of halogens is 1. The highest BCUT2D eigenvalue weighted by molar-refractivity contribution is 7.92. The summed E-state index contributed by atoms with van der Waals surface area (Å²) in [7, 11) is -2.18. The van der Waals surface area contributed by atoms with Crippen LogP contribution in [0, 0.1) is 0 Å². The van der Waals surface area contributed by atoms with Crippen LogP contribution in [0.15, 0.2) is 41.3 Å². The molecule has 3 rings (SSSR count). The predicted octanol–water partition coefficient (Wildman–Crippen LogP) is 3.08. The molecule has 22 heavy (non-hydrogen) atoms. The van der Waals surface area contributed by atoms with Crippen molar-refractivity contribution in [2.45, 2.75) is 11.3 Å². The summed E-state index contributed by atoms with van der Waals surface area (Å²) in [6.07, 6.45) is 0.715. The van der Waals surface area contributed by atoms with Crippen LogP contribution in [0.5, 0.6) is 11.5 Å². The third-order valence-electron chi connectivity index (χ3n) is 3.38. The summed E-state index contributed by atoms with van der Waals surface area (Å²) in [6, 6.07) is 9.55. The standard InChI is InChI=1S/C15H14ClNO4S/c1-20-15-4-2-11(9-13(15)16)17-22(18,19)12-3-5-14-10(8-12)6-7-21-14/h2-5,8-9,17H,6-7H2,1H3. The van der Waals surface area contributed by atoms with Gasteiger partial charge in [0, 0.05) is 6.42 Å². The molecule has 1 heterocycles. The third kappa shape index (κ3) is 2.84. The molecule has 5 nitrogen and oxygen atoms in total. The van der Waals surface area contributed by atoms with Crippen molar-refractivity contribution in [3.63, 3.8) is 0 Å². The summed E-state index contributed by atoms with van der Waals surface area (Å²) in [6.45, 7) is 0.584. The van der Waals surface area contributed by atoms with Crippen LogP contribution in [0.25, 0.3) is 0 Å². The first-order chi connectivity index (χ1) is 10.5. The first-order valence-corrected chi connectivity index (χ1v) is 8.48. The molecule has 0 aromatic heterocycles. The van der Waals surface area contributed by atoms with Gasteiger partial charge in [-0.3, -0.25) is 4.72 Å². The van der Waals surface area contributed by atoms with Crippen LogP contribution >= 0.6 is 11.6 Å². The van der Waals surface area contributed by atoms with E-state index in [4.69, 9.17) is 21.1 Å². The van der Waals surface area contributed by atoms with E-state index in [-0.39, 0.29) is 4.90 Å². The van der Waals surface area contributed by atoms with Gasteiger partial charge in [0.05, 0.1) is 29.3 Å². The first kappa shape index (κ1) is 15.0. The second-order valence-corrected chi connectivity index (χ2v) is 6.91. The van der Waals surface area contributed by atoms with E-state index in [0.29, 0.717) is 29.5 Å². The number of nitrogens with one attached hydrogen (secondary N) is 1. The maximum atomic E-state index is 12.4. The zero-order chi connectivity index (χ0) is 15.7. The number of methoxy groups -OCH3 is 1. The van der Waals surface area contributed by atoms with E-state index in [9.17, 15) is 8.42 Å². The van der Waals surface area contributed by atoms with E-state index >= 15 is 0 Å². The molecule has 7 heteroatoms. The van der Waals surface area contributed by atoms with Crippen LogP contribution in [0.1, 0.15) is 5.56 Å². The number of hydrogen-bond acceptors (Lipinski definition) is 4. The molecule has 0 atom stereocenters. The van der Waals surface area contributed by atoms with E-state index < -0.39 is 10.0 Å². The molecule has 1 N–H and O–H groups in total. The first-order valence-electron chi connectivity index (χ1n) is 6.62. The molecule has 0 bridgehead atoms. The van der Waals surface area contributed by atoms with Gasteiger partial charge in [0.2, 0.25) is 0 Å². The Morgan fingerprint density at radius 1 is 1.23 bits per heavy atom.